The van der Waals surface area contributed by atoms with Gasteiger partial charge in [-0.2, -0.15) is 0 Å². The lowest BCUT2D eigenvalue weighted by Crippen LogP contribution is -2.43. The Kier molecular flexibility index (Phi) is 8.47. The van der Waals surface area contributed by atoms with Crippen molar-refractivity contribution in [1.29, 1.82) is 0 Å². The molecule has 0 fully saturated rings. The second kappa shape index (κ2) is 12.0. The van der Waals surface area contributed by atoms with Crippen LogP contribution >= 0.6 is 27.3 Å². The van der Waals surface area contributed by atoms with Gasteiger partial charge in [0.05, 0.1) is 34.0 Å². The third-order valence-corrected chi connectivity index (χ3v) is 8.88. The van der Waals surface area contributed by atoms with Crippen molar-refractivity contribution in [3.8, 4) is 11.5 Å². The van der Waals surface area contributed by atoms with Crippen molar-refractivity contribution in [2.75, 3.05) is 26.8 Å². The van der Waals surface area contributed by atoms with E-state index in [4.69, 9.17) is 14.5 Å². The molecule has 0 bridgehead atoms. The SMILES string of the molecule is CCOc1ccc(/C=c2/sc3n(c2=O)[C@@H](c2c(OC)ccc4ccccc24)C(C(=O)N(CC)CC)=C(C)N=3)cc1Br. The lowest BCUT2D eigenvalue weighted by Gasteiger charge is -2.30. The number of carbonyl (C=O) groups is 1. The Morgan fingerprint density at radius 2 is 1.83 bits per heavy atom. The average molecular weight is 635 g/mol. The summed E-state index contributed by atoms with van der Waals surface area (Å²) in [6.07, 6.45) is 1.85. The van der Waals surface area contributed by atoms with Crippen LogP contribution in [0.1, 0.15) is 44.9 Å². The smallest absolute Gasteiger partial charge is 0.271 e. The van der Waals surface area contributed by atoms with Crippen molar-refractivity contribution in [3.05, 3.63) is 101 Å². The van der Waals surface area contributed by atoms with Gasteiger partial charge < -0.3 is 14.4 Å². The Morgan fingerprint density at radius 1 is 1.10 bits per heavy atom. The van der Waals surface area contributed by atoms with E-state index in [-0.39, 0.29) is 11.5 Å². The number of rotatable bonds is 8. The van der Waals surface area contributed by atoms with Crippen LogP contribution in [0, 0.1) is 0 Å². The molecule has 2 heterocycles. The molecule has 9 heteroatoms. The number of amides is 1. The summed E-state index contributed by atoms with van der Waals surface area (Å²) in [6.45, 7) is 9.34. The molecule has 5 rings (SSSR count). The fourth-order valence-corrected chi connectivity index (χ4v) is 6.87. The predicted octanol–water partition coefficient (Wildman–Crippen LogP) is 5.43. The molecule has 0 radical (unpaired) electrons. The number of benzene rings is 3. The Hall–Kier alpha value is -3.69. The van der Waals surface area contributed by atoms with E-state index in [0.717, 1.165) is 32.1 Å². The number of hydrogen-bond acceptors (Lipinski definition) is 6. The number of thiazole rings is 1. The van der Waals surface area contributed by atoms with Crippen molar-refractivity contribution in [1.82, 2.24) is 9.47 Å². The molecule has 212 valence electrons. The topological polar surface area (TPSA) is 73.1 Å². The minimum absolute atomic E-state index is 0.138. The van der Waals surface area contributed by atoms with Gasteiger partial charge in [-0.1, -0.05) is 47.7 Å². The summed E-state index contributed by atoms with van der Waals surface area (Å²) in [7, 11) is 1.61. The fraction of sp³-hybridized carbons (Fsp3) is 0.281. The van der Waals surface area contributed by atoms with Crippen molar-refractivity contribution in [3.63, 3.8) is 0 Å². The van der Waals surface area contributed by atoms with Gasteiger partial charge in [0.2, 0.25) is 0 Å². The molecule has 1 aliphatic rings. The highest BCUT2D eigenvalue weighted by molar-refractivity contribution is 9.10. The zero-order valence-corrected chi connectivity index (χ0v) is 26.1. The number of aromatic nitrogens is 1. The second-order valence-electron chi connectivity index (χ2n) is 9.58. The summed E-state index contributed by atoms with van der Waals surface area (Å²) in [5, 5.41) is 1.91. The van der Waals surface area contributed by atoms with Crippen LogP contribution in [0.25, 0.3) is 16.8 Å². The van der Waals surface area contributed by atoms with E-state index < -0.39 is 6.04 Å². The van der Waals surface area contributed by atoms with Crippen LogP contribution in [0.2, 0.25) is 0 Å². The molecule has 41 heavy (non-hydrogen) atoms. The lowest BCUT2D eigenvalue weighted by atomic mass is 9.90. The van der Waals surface area contributed by atoms with Gasteiger partial charge >= 0.3 is 0 Å². The fourth-order valence-electron chi connectivity index (χ4n) is 5.32. The minimum Gasteiger partial charge on any atom is -0.496 e. The molecule has 4 aromatic rings. The highest BCUT2D eigenvalue weighted by atomic mass is 79.9. The van der Waals surface area contributed by atoms with E-state index in [9.17, 15) is 9.59 Å². The number of halogens is 1. The molecular formula is C32H32BrN3O4S. The number of carbonyl (C=O) groups excluding carboxylic acids is 1. The molecule has 0 spiro atoms. The van der Waals surface area contributed by atoms with E-state index in [1.807, 2.05) is 88.4 Å². The maximum Gasteiger partial charge on any atom is 0.271 e. The van der Waals surface area contributed by atoms with Gasteiger partial charge in [0, 0.05) is 18.7 Å². The van der Waals surface area contributed by atoms with E-state index in [2.05, 4.69) is 15.9 Å². The van der Waals surface area contributed by atoms with Crippen LogP contribution in [0.4, 0.5) is 0 Å². The van der Waals surface area contributed by atoms with Gasteiger partial charge in [-0.15, -0.1) is 0 Å². The van der Waals surface area contributed by atoms with E-state index in [0.29, 0.717) is 46.0 Å². The first-order valence-corrected chi connectivity index (χ1v) is 15.2. The van der Waals surface area contributed by atoms with Crippen molar-refractivity contribution >= 4 is 50.0 Å². The van der Waals surface area contributed by atoms with Crippen molar-refractivity contribution in [2.24, 2.45) is 4.99 Å². The first-order chi connectivity index (χ1) is 19.8. The third kappa shape index (κ3) is 5.24. The van der Waals surface area contributed by atoms with E-state index in [1.165, 1.54) is 11.3 Å². The van der Waals surface area contributed by atoms with Crippen molar-refractivity contribution < 1.29 is 14.3 Å². The number of likely N-dealkylation sites (N-methyl/N-ethyl adjacent to an activating group) is 1. The normalized spacial score (nSPS) is 15.1. The molecule has 0 unspecified atom stereocenters. The molecule has 1 aliphatic heterocycles. The first kappa shape index (κ1) is 28.8. The Bertz CT molecular complexity index is 1850. The Labute approximate surface area is 251 Å². The van der Waals surface area contributed by atoms with Crippen LogP contribution in [0.15, 0.2) is 80.1 Å². The first-order valence-electron chi connectivity index (χ1n) is 13.6. The molecule has 1 atom stereocenters. The monoisotopic (exact) mass is 633 g/mol. The molecule has 7 nitrogen and oxygen atoms in total. The molecule has 1 aromatic heterocycles. The summed E-state index contributed by atoms with van der Waals surface area (Å²) in [4.78, 5) is 35.4. The maximum absolute atomic E-state index is 14.2. The Morgan fingerprint density at radius 3 is 2.51 bits per heavy atom. The van der Waals surface area contributed by atoms with E-state index >= 15 is 0 Å². The molecular weight excluding hydrogens is 602 g/mol. The third-order valence-electron chi connectivity index (χ3n) is 7.28. The second-order valence-corrected chi connectivity index (χ2v) is 11.4. The summed E-state index contributed by atoms with van der Waals surface area (Å²) in [5.41, 5.74) is 2.48. The number of methoxy groups -OCH3 is 1. The molecule has 0 N–H and O–H groups in total. The highest BCUT2D eigenvalue weighted by Gasteiger charge is 2.36. The predicted molar refractivity (Wildman–Crippen MR) is 168 cm³/mol. The summed E-state index contributed by atoms with van der Waals surface area (Å²) in [5.74, 6) is 1.21. The quantitative estimate of drug-likeness (QED) is 0.259. The zero-order valence-electron chi connectivity index (χ0n) is 23.7. The van der Waals surface area contributed by atoms with Gasteiger partial charge in [-0.3, -0.25) is 14.2 Å². The summed E-state index contributed by atoms with van der Waals surface area (Å²) >= 11 is 4.88. The number of hydrogen-bond donors (Lipinski definition) is 0. The molecule has 0 saturated heterocycles. The standard InChI is InChI=1S/C32H32BrN3O4S/c1-6-35(7-2)31(38)27-19(4)34-32-36(29(27)28-22-12-10-9-11-21(22)14-16-25(28)39-5)30(37)26(41-32)18-20-13-15-24(40-8-3)23(33)17-20/h9-18,29H,6-8H2,1-5H3/b26-18+/t29-/m1/s1. The lowest BCUT2D eigenvalue weighted by molar-refractivity contribution is -0.127. The van der Waals surface area contributed by atoms with Gasteiger partial charge in [0.1, 0.15) is 17.5 Å². The minimum atomic E-state index is -0.713. The van der Waals surface area contributed by atoms with Crippen LogP contribution in [-0.4, -0.2) is 42.2 Å². The molecule has 1 amide bonds. The van der Waals surface area contributed by atoms with Gasteiger partial charge in [0.15, 0.2) is 4.80 Å². The van der Waals surface area contributed by atoms with Gasteiger partial charge in [0.25, 0.3) is 11.5 Å². The van der Waals surface area contributed by atoms with Crippen LogP contribution < -0.4 is 24.4 Å². The van der Waals surface area contributed by atoms with Crippen LogP contribution in [0.5, 0.6) is 11.5 Å². The van der Waals surface area contributed by atoms with Crippen LogP contribution in [-0.2, 0) is 4.79 Å². The number of ether oxygens (including phenoxy) is 2. The van der Waals surface area contributed by atoms with Crippen LogP contribution in [0.3, 0.4) is 0 Å². The van der Waals surface area contributed by atoms with Gasteiger partial charge in [-0.05, 0) is 84.2 Å². The van der Waals surface area contributed by atoms with Gasteiger partial charge in [-0.25, -0.2) is 4.99 Å². The number of allylic oxidation sites excluding steroid dienone is 1. The van der Waals surface area contributed by atoms with Crippen molar-refractivity contribution in [2.45, 2.75) is 33.7 Å². The summed E-state index contributed by atoms with van der Waals surface area (Å²) in [6, 6.07) is 16.9. The molecule has 0 saturated carbocycles. The number of nitrogens with zero attached hydrogens (tertiary/aromatic N) is 3. The average Bonchev–Trinajstić information content (AvgIpc) is 3.27. The van der Waals surface area contributed by atoms with E-state index in [1.54, 1.807) is 16.6 Å². The number of fused-ring (bicyclic) bond motifs is 2. The zero-order chi connectivity index (χ0) is 29.3. The largest absolute Gasteiger partial charge is 0.496 e. The Balaban J connectivity index is 1.80. The highest BCUT2D eigenvalue weighted by Crippen LogP contribution is 2.40. The molecule has 3 aromatic carbocycles. The summed E-state index contributed by atoms with van der Waals surface area (Å²) < 4.78 is 14.5. The molecule has 0 aliphatic carbocycles. The maximum atomic E-state index is 14.2.